The molecule has 0 saturated carbocycles. The van der Waals surface area contributed by atoms with Crippen molar-refractivity contribution in [2.75, 3.05) is 18.1 Å². The molecule has 4 rings (SSSR count). The summed E-state index contributed by atoms with van der Waals surface area (Å²) in [6.07, 6.45) is 4.30. The van der Waals surface area contributed by atoms with Crippen molar-refractivity contribution in [3.05, 3.63) is 71.8 Å². The Labute approximate surface area is 195 Å². The minimum atomic E-state index is -0.384. The Bertz CT molecular complexity index is 1010. The number of rotatable bonds is 6. The lowest BCUT2D eigenvalue weighted by molar-refractivity contribution is -0.139. The van der Waals surface area contributed by atoms with Crippen molar-refractivity contribution in [1.82, 2.24) is 0 Å². The molecule has 2 aliphatic rings. The van der Waals surface area contributed by atoms with Crippen LogP contribution in [0.5, 0.6) is 5.75 Å². The standard InChI is InChI=1S/C27H31NO5/c1-18-19(2)28(20(3)29)26-11-9-22(33-23-13-14-31-17-23)15-25(26)24(18)10-12-27(30)32-16-21-7-5-4-6-8-21/h4-12,15,18-19,23-24H,13-14,16-17H2,1-3H3/b12-10+/t18-,19-,23?,24+/m0/s1. The first kappa shape index (κ1) is 23.1. The third-order valence-electron chi connectivity index (χ3n) is 6.55. The van der Waals surface area contributed by atoms with Gasteiger partial charge in [0.1, 0.15) is 18.5 Å². The molecule has 1 fully saturated rings. The fraction of sp³-hybridized carbons (Fsp3) is 0.407. The maximum absolute atomic E-state index is 12.5. The molecular formula is C27H31NO5. The second-order valence-electron chi connectivity index (χ2n) is 8.79. The number of amides is 1. The molecule has 1 amide bonds. The first-order valence-corrected chi connectivity index (χ1v) is 11.5. The quantitative estimate of drug-likeness (QED) is 0.475. The predicted molar refractivity (Wildman–Crippen MR) is 126 cm³/mol. The molecule has 0 radical (unpaired) electrons. The van der Waals surface area contributed by atoms with Crippen molar-refractivity contribution in [3.63, 3.8) is 0 Å². The Morgan fingerprint density at radius 1 is 1.15 bits per heavy atom. The molecule has 6 nitrogen and oxygen atoms in total. The predicted octanol–water partition coefficient (Wildman–Crippen LogP) is 4.63. The van der Waals surface area contributed by atoms with Gasteiger partial charge in [0.2, 0.25) is 5.91 Å². The second-order valence-corrected chi connectivity index (χ2v) is 8.79. The Hall–Kier alpha value is -3.12. The largest absolute Gasteiger partial charge is 0.488 e. The summed E-state index contributed by atoms with van der Waals surface area (Å²) in [7, 11) is 0. The summed E-state index contributed by atoms with van der Waals surface area (Å²) >= 11 is 0. The molecule has 0 N–H and O–H groups in total. The first-order valence-electron chi connectivity index (χ1n) is 11.5. The third-order valence-corrected chi connectivity index (χ3v) is 6.55. The van der Waals surface area contributed by atoms with Gasteiger partial charge in [-0.3, -0.25) is 4.79 Å². The number of ether oxygens (including phenoxy) is 3. The van der Waals surface area contributed by atoms with E-state index in [-0.39, 0.29) is 42.5 Å². The number of anilines is 1. The number of benzene rings is 2. The van der Waals surface area contributed by atoms with Gasteiger partial charge in [-0.15, -0.1) is 0 Å². The molecule has 174 valence electrons. The summed E-state index contributed by atoms with van der Waals surface area (Å²) in [6.45, 7) is 7.26. The summed E-state index contributed by atoms with van der Waals surface area (Å²) in [5, 5.41) is 0. The van der Waals surface area contributed by atoms with Gasteiger partial charge in [0.05, 0.1) is 13.2 Å². The van der Waals surface area contributed by atoms with Crippen molar-refractivity contribution >= 4 is 17.6 Å². The first-order chi connectivity index (χ1) is 15.9. The van der Waals surface area contributed by atoms with Crippen LogP contribution < -0.4 is 9.64 Å². The zero-order valence-corrected chi connectivity index (χ0v) is 19.4. The molecule has 2 aromatic carbocycles. The Morgan fingerprint density at radius 2 is 1.94 bits per heavy atom. The van der Waals surface area contributed by atoms with Gasteiger partial charge in [-0.2, -0.15) is 0 Å². The lowest BCUT2D eigenvalue weighted by Gasteiger charge is -2.43. The van der Waals surface area contributed by atoms with E-state index >= 15 is 0 Å². The van der Waals surface area contributed by atoms with Crippen LogP contribution in [0.4, 0.5) is 5.69 Å². The van der Waals surface area contributed by atoms with E-state index in [1.807, 2.05) is 66.4 Å². The summed E-state index contributed by atoms with van der Waals surface area (Å²) in [5.41, 5.74) is 2.77. The highest BCUT2D eigenvalue weighted by molar-refractivity contribution is 5.94. The maximum Gasteiger partial charge on any atom is 0.330 e. The van der Waals surface area contributed by atoms with Crippen LogP contribution in [0.3, 0.4) is 0 Å². The van der Waals surface area contributed by atoms with E-state index in [0.717, 1.165) is 29.0 Å². The summed E-state index contributed by atoms with van der Waals surface area (Å²) in [5.74, 6) is 0.408. The van der Waals surface area contributed by atoms with E-state index in [4.69, 9.17) is 14.2 Å². The van der Waals surface area contributed by atoms with Gasteiger partial charge in [0.25, 0.3) is 0 Å². The van der Waals surface area contributed by atoms with Gasteiger partial charge in [-0.05, 0) is 42.2 Å². The van der Waals surface area contributed by atoms with E-state index in [2.05, 4.69) is 6.92 Å². The highest BCUT2D eigenvalue weighted by atomic mass is 16.5. The molecule has 0 spiro atoms. The number of hydrogen-bond acceptors (Lipinski definition) is 5. The summed E-state index contributed by atoms with van der Waals surface area (Å²) in [6, 6.07) is 15.4. The fourth-order valence-corrected chi connectivity index (χ4v) is 4.62. The number of fused-ring (bicyclic) bond motifs is 1. The second kappa shape index (κ2) is 10.2. The van der Waals surface area contributed by atoms with E-state index in [1.165, 1.54) is 6.08 Å². The highest BCUT2D eigenvalue weighted by Crippen LogP contribution is 2.44. The van der Waals surface area contributed by atoms with Gasteiger partial charge in [0.15, 0.2) is 0 Å². The van der Waals surface area contributed by atoms with Crippen LogP contribution in [0.1, 0.15) is 44.2 Å². The lowest BCUT2D eigenvalue weighted by Crippen LogP contribution is -2.46. The number of carbonyl (C=O) groups excluding carboxylic acids is 2. The van der Waals surface area contributed by atoms with Crippen LogP contribution in [-0.2, 0) is 25.7 Å². The minimum absolute atomic E-state index is 0.00170. The van der Waals surface area contributed by atoms with E-state index in [0.29, 0.717) is 13.2 Å². The van der Waals surface area contributed by atoms with Crippen LogP contribution in [0.2, 0.25) is 0 Å². The third kappa shape index (κ3) is 5.28. The lowest BCUT2D eigenvalue weighted by atomic mass is 9.77. The molecule has 2 aliphatic heterocycles. The normalized spacial score (nSPS) is 24.5. The molecule has 1 unspecified atom stereocenters. The Balaban J connectivity index is 1.57. The van der Waals surface area contributed by atoms with Crippen LogP contribution in [0, 0.1) is 5.92 Å². The van der Waals surface area contributed by atoms with Crippen LogP contribution in [0.15, 0.2) is 60.7 Å². The zero-order chi connectivity index (χ0) is 23.4. The minimum Gasteiger partial charge on any atom is -0.488 e. The molecule has 6 heteroatoms. The van der Waals surface area contributed by atoms with Crippen molar-refractivity contribution in [1.29, 1.82) is 0 Å². The molecule has 0 bridgehead atoms. The maximum atomic E-state index is 12.5. The molecular weight excluding hydrogens is 418 g/mol. The topological polar surface area (TPSA) is 65.1 Å². The van der Waals surface area contributed by atoms with Gasteiger partial charge in [-0.25, -0.2) is 4.79 Å². The van der Waals surface area contributed by atoms with E-state index in [1.54, 1.807) is 6.92 Å². The number of carbonyl (C=O) groups is 2. The number of allylic oxidation sites excluding steroid dienone is 1. The van der Waals surface area contributed by atoms with Crippen molar-refractivity contribution < 1.29 is 23.8 Å². The average Bonchev–Trinajstić information content (AvgIpc) is 3.32. The number of nitrogens with zero attached hydrogens (tertiary/aromatic N) is 1. The van der Waals surface area contributed by atoms with Gasteiger partial charge in [-0.1, -0.05) is 43.3 Å². The van der Waals surface area contributed by atoms with Crippen LogP contribution >= 0.6 is 0 Å². The molecule has 2 aromatic rings. The zero-order valence-electron chi connectivity index (χ0n) is 19.4. The Kier molecular flexibility index (Phi) is 7.14. The van der Waals surface area contributed by atoms with Crippen molar-refractivity contribution in [2.24, 2.45) is 5.92 Å². The van der Waals surface area contributed by atoms with Gasteiger partial charge in [0, 0.05) is 37.1 Å². The van der Waals surface area contributed by atoms with Crippen molar-refractivity contribution in [2.45, 2.75) is 51.9 Å². The highest BCUT2D eigenvalue weighted by Gasteiger charge is 2.37. The monoisotopic (exact) mass is 449 g/mol. The molecule has 4 atom stereocenters. The van der Waals surface area contributed by atoms with Gasteiger partial charge >= 0.3 is 5.97 Å². The van der Waals surface area contributed by atoms with Crippen LogP contribution in [-0.4, -0.2) is 37.2 Å². The van der Waals surface area contributed by atoms with E-state index in [9.17, 15) is 9.59 Å². The molecule has 0 aliphatic carbocycles. The number of hydrogen-bond donors (Lipinski definition) is 0. The smallest absolute Gasteiger partial charge is 0.330 e. The van der Waals surface area contributed by atoms with Gasteiger partial charge < -0.3 is 19.1 Å². The Morgan fingerprint density at radius 3 is 2.64 bits per heavy atom. The van der Waals surface area contributed by atoms with Crippen LogP contribution in [0.25, 0.3) is 0 Å². The van der Waals surface area contributed by atoms with E-state index < -0.39 is 0 Å². The fourth-order valence-electron chi connectivity index (χ4n) is 4.62. The SMILES string of the molecule is CC(=O)N1c2ccc(OC3CCOC3)cc2[C@H](/C=C/C(=O)OCc2ccccc2)[C@@H](C)[C@@H]1C. The molecule has 2 heterocycles. The van der Waals surface area contributed by atoms with Crippen molar-refractivity contribution in [3.8, 4) is 5.75 Å². The summed E-state index contributed by atoms with van der Waals surface area (Å²) < 4.78 is 17.0. The average molecular weight is 450 g/mol. The molecule has 33 heavy (non-hydrogen) atoms. The molecule has 1 saturated heterocycles. The summed E-state index contributed by atoms with van der Waals surface area (Å²) in [4.78, 5) is 26.7. The number of esters is 1. The molecule has 0 aromatic heterocycles.